The summed E-state index contributed by atoms with van der Waals surface area (Å²) in [6.07, 6.45) is 4.94. The molecule has 0 spiro atoms. The minimum absolute atomic E-state index is 0.368. The monoisotopic (exact) mass is 414 g/mol. The molecule has 0 radical (unpaired) electrons. The van der Waals surface area contributed by atoms with Crippen LogP contribution in [0.5, 0.6) is 0 Å². The molecule has 0 amide bonds. The van der Waals surface area contributed by atoms with E-state index >= 15 is 0 Å². The van der Waals surface area contributed by atoms with Gasteiger partial charge in [0.05, 0.1) is 6.04 Å². The molecule has 1 atom stereocenters. The Morgan fingerprint density at radius 3 is 2.37 bits per heavy atom. The molecule has 2 bridgehead atoms. The van der Waals surface area contributed by atoms with Crippen LogP contribution in [0.15, 0.2) is 84.6 Å². The van der Waals surface area contributed by atoms with Gasteiger partial charge >= 0.3 is 0 Å². The Hall–Kier alpha value is -2.55. The first-order valence-corrected chi connectivity index (χ1v) is 11.3. The van der Waals surface area contributed by atoms with E-state index in [2.05, 4.69) is 83.0 Å². The second-order valence-electron chi connectivity index (χ2n) is 8.30. The second kappa shape index (κ2) is 8.67. The topological polar surface area (TPSA) is 15.3 Å². The van der Waals surface area contributed by atoms with Crippen molar-refractivity contribution in [2.45, 2.75) is 25.4 Å². The summed E-state index contributed by atoms with van der Waals surface area (Å²) >= 11 is 6.41. The highest BCUT2D eigenvalue weighted by molar-refractivity contribution is 6.31. The molecule has 0 aliphatic carbocycles. The molecule has 3 saturated heterocycles. The van der Waals surface area contributed by atoms with Crippen LogP contribution in [0.25, 0.3) is 17.2 Å². The van der Waals surface area contributed by atoms with Gasteiger partial charge in [0.15, 0.2) is 0 Å². The van der Waals surface area contributed by atoms with E-state index in [9.17, 15) is 0 Å². The molecular formula is C27H27ClN2. The highest BCUT2D eigenvalue weighted by Gasteiger charge is 2.37. The Labute approximate surface area is 184 Å². The molecule has 3 heterocycles. The van der Waals surface area contributed by atoms with Crippen molar-refractivity contribution in [3.8, 4) is 11.1 Å². The average molecular weight is 415 g/mol. The fourth-order valence-electron chi connectivity index (χ4n) is 4.91. The van der Waals surface area contributed by atoms with E-state index in [1.54, 1.807) is 0 Å². The maximum absolute atomic E-state index is 6.41. The van der Waals surface area contributed by atoms with Crippen LogP contribution < -0.4 is 5.32 Å². The predicted octanol–water partition coefficient (Wildman–Crippen LogP) is 6.23. The van der Waals surface area contributed by atoms with Crippen molar-refractivity contribution in [2.75, 3.05) is 13.1 Å². The highest BCUT2D eigenvalue weighted by atomic mass is 35.5. The smallest absolute Gasteiger partial charge is 0.0504 e. The minimum Gasteiger partial charge on any atom is -0.373 e. The SMILES string of the molecule is Clc1ccccc1CN[C@@H]1/C(=C/c2ccccc2-c2ccccc2)N2CCC1CC2. The van der Waals surface area contributed by atoms with Crippen LogP contribution in [0, 0.1) is 5.92 Å². The lowest BCUT2D eigenvalue weighted by molar-refractivity contribution is 0.123. The van der Waals surface area contributed by atoms with E-state index in [1.165, 1.54) is 40.8 Å². The number of hydrogen-bond donors (Lipinski definition) is 1. The zero-order chi connectivity index (χ0) is 20.3. The van der Waals surface area contributed by atoms with E-state index in [0.29, 0.717) is 12.0 Å². The number of fused-ring (bicyclic) bond motifs is 3. The fourth-order valence-corrected chi connectivity index (χ4v) is 5.11. The quantitative estimate of drug-likeness (QED) is 0.532. The van der Waals surface area contributed by atoms with Gasteiger partial charge in [-0.15, -0.1) is 0 Å². The Morgan fingerprint density at radius 2 is 1.57 bits per heavy atom. The van der Waals surface area contributed by atoms with Gasteiger partial charge in [-0.3, -0.25) is 0 Å². The van der Waals surface area contributed by atoms with Crippen LogP contribution >= 0.6 is 11.6 Å². The van der Waals surface area contributed by atoms with E-state index in [0.717, 1.165) is 24.7 Å². The zero-order valence-corrected chi connectivity index (χ0v) is 17.9. The molecule has 3 fully saturated rings. The molecule has 0 unspecified atom stereocenters. The van der Waals surface area contributed by atoms with E-state index in [-0.39, 0.29) is 0 Å². The maximum atomic E-state index is 6.41. The molecule has 0 saturated carbocycles. The van der Waals surface area contributed by atoms with Gasteiger partial charge in [0.1, 0.15) is 0 Å². The Balaban J connectivity index is 1.47. The first-order chi connectivity index (χ1) is 14.8. The number of halogens is 1. The van der Waals surface area contributed by atoms with Crippen molar-refractivity contribution < 1.29 is 0 Å². The van der Waals surface area contributed by atoms with Gasteiger partial charge < -0.3 is 10.2 Å². The molecule has 1 N–H and O–H groups in total. The van der Waals surface area contributed by atoms with Crippen molar-refractivity contribution in [1.82, 2.24) is 10.2 Å². The maximum Gasteiger partial charge on any atom is 0.0504 e. The molecule has 3 aliphatic rings. The van der Waals surface area contributed by atoms with Crippen LogP contribution in [0.2, 0.25) is 5.02 Å². The number of rotatable bonds is 5. The average Bonchev–Trinajstić information content (AvgIpc) is 2.81. The van der Waals surface area contributed by atoms with E-state index in [4.69, 9.17) is 11.6 Å². The van der Waals surface area contributed by atoms with Gasteiger partial charge in [0.2, 0.25) is 0 Å². The number of benzene rings is 3. The van der Waals surface area contributed by atoms with E-state index < -0.39 is 0 Å². The molecule has 2 nitrogen and oxygen atoms in total. The molecule has 3 aromatic rings. The number of nitrogens with one attached hydrogen (secondary N) is 1. The Bertz CT molecular complexity index is 1040. The third-order valence-corrected chi connectivity index (χ3v) is 6.88. The van der Waals surface area contributed by atoms with Crippen molar-refractivity contribution in [1.29, 1.82) is 0 Å². The van der Waals surface area contributed by atoms with Crippen LogP contribution in [0.3, 0.4) is 0 Å². The normalized spacial score (nSPS) is 21.9. The third-order valence-electron chi connectivity index (χ3n) is 6.51. The summed E-state index contributed by atoms with van der Waals surface area (Å²) in [5.74, 6) is 0.688. The summed E-state index contributed by atoms with van der Waals surface area (Å²) in [5, 5.41) is 4.68. The standard InChI is InChI=1S/C27H27ClN2/c28-25-13-7-5-11-23(25)19-29-27-21-14-16-30(17-15-21)26(27)18-22-10-4-6-12-24(22)20-8-2-1-3-9-20/h1-13,18,21,27,29H,14-17,19H2/b26-18-/t27-/m0/s1. The molecular weight excluding hydrogens is 388 g/mol. The summed E-state index contributed by atoms with van der Waals surface area (Å²) in [6.45, 7) is 3.12. The zero-order valence-electron chi connectivity index (χ0n) is 17.1. The first-order valence-electron chi connectivity index (χ1n) is 10.9. The largest absolute Gasteiger partial charge is 0.373 e. The first kappa shape index (κ1) is 19.4. The van der Waals surface area contributed by atoms with Gasteiger partial charge in [-0.25, -0.2) is 0 Å². The molecule has 0 aromatic heterocycles. The summed E-state index contributed by atoms with van der Waals surface area (Å²) in [7, 11) is 0. The lowest BCUT2D eigenvalue weighted by Gasteiger charge is -2.48. The summed E-state index contributed by atoms with van der Waals surface area (Å²) in [4.78, 5) is 2.58. The lowest BCUT2D eigenvalue weighted by atomic mass is 9.80. The number of nitrogens with zero attached hydrogens (tertiary/aromatic N) is 1. The highest BCUT2D eigenvalue weighted by Crippen LogP contribution is 2.37. The van der Waals surface area contributed by atoms with Gasteiger partial charge in [0.25, 0.3) is 0 Å². The molecule has 152 valence electrons. The van der Waals surface area contributed by atoms with Crippen LogP contribution in [0.1, 0.15) is 24.0 Å². The minimum atomic E-state index is 0.368. The van der Waals surface area contributed by atoms with Gasteiger partial charge in [0, 0.05) is 30.4 Å². The third kappa shape index (κ3) is 3.90. The van der Waals surface area contributed by atoms with Crippen molar-refractivity contribution in [3.63, 3.8) is 0 Å². The van der Waals surface area contributed by atoms with Crippen molar-refractivity contribution in [3.05, 3.63) is 101 Å². The number of hydrogen-bond acceptors (Lipinski definition) is 2. The second-order valence-corrected chi connectivity index (χ2v) is 8.70. The molecule has 6 rings (SSSR count). The van der Waals surface area contributed by atoms with Crippen LogP contribution in [-0.4, -0.2) is 24.0 Å². The fraction of sp³-hybridized carbons (Fsp3) is 0.259. The molecule has 30 heavy (non-hydrogen) atoms. The van der Waals surface area contributed by atoms with Gasteiger partial charge in [-0.2, -0.15) is 0 Å². The van der Waals surface area contributed by atoms with Gasteiger partial charge in [-0.1, -0.05) is 84.4 Å². The van der Waals surface area contributed by atoms with Crippen molar-refractivity contribution in [2.24, 2.45) is 5.92 Å². The molecule has 3 aromatic carbocycles. The Kier molecular flexibility index (Phi) is 5.61. The summed E-state index contributed by atoms with van der Waals surface area (Å²) < 4.78 is 0. The van der Waals surface area contributed by atoms with E-state index in [1.807, 2.05) is 12.1 Å². The lowest BCUT2D eigenvalue weighted by Crippen LogP contribution is -2.54. The van der Waals surface area contributed by atoms with Crippen LogP contribution in [-0.2, 0) is 6.54 Å². The predicted molar refractivity (Wildman–Crippen MR) is 126 cm³/mol. The summed E-state index contributed by atoms with van der Waals surface area (Å²) in [6, 6.07) is 27.9. The van der Waals surface area contributed by atoms with Gasteiger partial charge in [-0.05, 0) is 53.2 Å². The van der Waals surface area contributed by atoms with Crippen LogP contribution in [0.4, 0.5) is 0 Å². The number of piperidine rings is 3. The summed E-state index contributed by atoms with van der Waals surface area (Å²) in [5.41, 5.74) is 6.43. The molecule has 3 aliphatic heterocycles. The Morgan fingerprint density at radius 1 is 0.867 bits per heavy atom. The van der Waals surface area contributed by atoms with Crippen molar-refractivity contribution >= 4 is 17.7 Å². The molecule has 3 heteroatoms.